The summed E-state index contributed by atoms with van der Waals surface area (Å²) in [6.45, 7) is 0. The van der Waals surface area contributed by atoms with Gasteiger partial charge in [0.1, 0.15) is 5.78 Å². The van der Waals surface area contributed by atoms with Gasteiger partial charge in [0.05, 0.1) is 0 Å². The van der Waals surface area contributed by atoms with E-state index in [1.165, 1.54) is 64.2 Å². The van der Waals surface area contributed by atoms with Crippen LogP contribution in [0.25, 0.3) is 0 Å². The fraction of sp³-hybridized carbons (Fsp3) is 0.929. The summed E-state index contributed by atoms with van der Waals surface area (Å²) in [6.07, 6.45) is 12.8. The first-order valence-electron chi connectivity index (χ1n) is 6.87. The highest BCUT2D eigenvalue weighted by molar-refractivity contribution is 5.88. The molecular weight excluding hydrogens is 184 g/mol. The molecular formula is C14H22O. The van der Waals surface area contributed by atoms with Crippen molar-refractivity contribution in [2.75, 3.05) is 0 Å². The second kappa shape index (κ2) is 3.61. The van der Waals surface area contributed by atoms with Crippen molar-refractivity contribution in [1.29, 1.82) is 0 Å². The smallest absolute Gasteiger partial charge is 0.142 e. The molecule has 0 unspecified atom stereocenters. The third-order valence-corrected chi connectivity index (χ3v) is 5.35. The van der Waals surface area contributed by atoms with Crippen LogP contribution in [0.2, 0.25) is 0 Å². The minimum Gasteiger partial charge on any atom is -0.299 e. The summed E-state index contributed by atoms with van der Waals surface area (Å²) in [4.78, 5) is 12.7. The molecule has 0 N–H and O–H groups in total. The molecule has 0 aromatic rings. The van der Waals surface area contributed by atoms with Gasteiger partial charge in [0.2, 0.25) is 0 Å². The Morgan fingerprint density at radius 1 is 0.867 bits per heavy atom. The molecule has 0 saturated heterocycles. The molecule has 0 aromatic heterocycles. The van der Waals surface area contributed by atoms with Gasteiger partial charge in [-0.3, -0.25) is 4.79 Å². The normalized spacial score (nSPS) is 45.7. The quantitative estimate of drug-likeness (QED) is 0.590. The van der Waals surface area contributed by atoms with Crippen molar-refractivity contribution in [2.24, 2.45) is 17.3 Å². The van der Waals surface area contributed by atoms with Gasteiger partial charge in [-0.25, -0.2) is 0 Å². The highest BCUT2D eigenvalue weighted by Crippen LogP contribution is 2.55. The Kier molecular flexibility index (Phi) is 2.37. The molecule has 0 aliphatic heterocycles. The van der Waals surface area contributed by atoms with Crippen LogP contribution in [0.1, 0.15) is 64.2 Å². The predicted octanol–water partition coefficient (Wildman–Crippen LogP) is 3.72. The molecule has 84 valence electrons. The van der Waals surface area contributed by atoms with E-state index in [-0.39, 0.29) is 5.41 Å². The topological polar surface area (TPSA) is 17.1 Å². The van der Waals surface area contributed by atoms with Gasteiger partial charge in [0.25, 0.3) is 0 Å². The Morgan fingerprint density at radius 3 is 2.53 bits per heavy atom. The molecule has 3 aliphatic rings. The maximum atomic E-state index is 12.7. The van der Waals surface area contributed by atoms with Crippen molar-refractivity contribution >= 4 is 5.78 Å². The summed E-state index contributed by atoms with van der Waals surface area (Å²) in [5.74, 6) is 1.92. The Bertz CT molecular complexity index is 271. The summed E-state index contributed by atoms with van der Waals surface area (Å²) in [6, 6.07) is 0. The summed E-state index contributed by atoms with van der Waals surface area (Å²) in [5, 5.41) is 0. The van der Waals surface area contributed by atoms with E-state index in [1.807, 2.05) is 0 Å². The lowest BCUT2D eigenvalue weighted by atomic mass is 9.69. The molecule has 0 amide bonds. The van der Waals surface area contributed by atoms with Crippen LogP contribution in [-0.4, -0.2) is 5.78 Å². The minimum absolute atomic E-state index is 0.178. The van der Waals surface area contributed by atoms with E-state index in [2.05, 4.69) is 0 Å². The van der Waals surface area contributed by atoms with Gasteiger partial charge in [-0.2, -0.15) is 0 Å². The molecule has 2 bridgehead atoms. The first kappa shape index (κ1) is 9.86. The maximum Gasteiger partial charge on any atom is 0.142 e. The van der Waals surface area contributed by atoms with Crippen LogP contribution in [0, 0.1) is 17.3 Å². The Labute approximate surface area is 92.6 Å². The Hall–Kier alpha value is -0.330. The SMILES string of the molecule is O=C1[C@@H]2CCCC[C@]13CCC[C@H]3CCC2. The van der Waals surface area contributed by atoms with Crippen LogP contribution in [0.5, 0.6) is 0 Å². The molecule has 3 rings (SSSR count). The van der Waals surface area contributed by atoms with Gasteiger partial charge in [0.15, 0.2) is 0 Å². The number of hydrogen-bond acceptors (Lipinski definition) is 1. The highest BCUT2D eigenvalue weighted by Gasteiger charge is 2.51. The molecule has 15 heavy (non-hydrogen) atoms. The zero-order valence-corrected chi connectivity index (χ0v) is 9.63. The average Bonchev–Trinajstić information content (AvgIpc) is 2.54. The molecule has 3 fully saturated rings. The second-order valence-corrected chi connectivity index (χ2v) is 5.98. The van der Waals surface area contributed by atoms with Crippen LogP contribution in [0.3, 0.4) is 0 Å². The first-order valence-corrected chi connectivity index (χ1v) is 6.87. The first-order chi connectivity index (χ1) is 7.33. The fourth-order valence-corrected chi connectivity index (χ4v) is 4.60. The van der Waals surface area contributed by atoms with E-state index >= 15 is 0 Å². The summed E-state index contributed by atoms with van der Waals surface area (Å²) in [5.41, 5.74) is 0.178. The molecule has 3 saturated carbocycles. The molecule has 1 nitrogen and oxygen atoms in total. The van der Waals surface area contributed by atoms with Crippen LogP contribution >= 0.6 is 0 Å². The van der Waals surface area contributed by atoms with Gasteiger partial charge in [0, 0.05) is 11.3 Å². The zero-order chi connectivity index (χ0) is 10.3. The number of carbonyl (C=O) groups excluding carboxylic acids is 1. The monoisotopic (exact) mass is 206 g/mol. The average molecular weight is 206 g/mol. The van der Waals surface area contributed by atoms with E-state index < -0.39 is 0 Å². The number of carbonyl (C=O) groups is 1. The van der Waals surface area contributed by atoms with Gasteiger partial charge in [-0.1, -0.05) is 25.7 Å². The van der Waals surface area contributed by atoms with Crippen molar-refractivity contribution in [3.63, 3.8) is 0 Å². The van der Waals surface area contributed by atoms with Gasteiger partial charge in [-0.15, -0.1) is 0 Å². The number of ketones is 1. The van der Waals surface area contributed by atoms with E-state index in [0.29, 0.717) is 11.7 Å². The molecule has 0 aromatic carbocycles. The lowest BCUT2D eigenvalue weighted by molar-refractivity contribution is -0.134. The number of fused-ring (bicyclic) bond motifs is 1. The van der Waals surface area contributed by atoms with E-state index in [0.717, 1.165) is 5.92 Å². The molecule has 1 heteroatoms. The van der Waals surface area contributed by atoms with Crippen LogP contribution in [-0.2, 0) is 4.79 Å². The zero-order valence-electron chi connectivity index (χ0n) is 9.63. The molecule has 0 heterocycles. The summed E-state index contributed by atoms with van der Waals surface area (Å²) in [7, 11) is 0. The highest BCUT2D eigenvalue weighted by atomic mass is 16.1. The van der Waals surface area contributed by atoms with Crippen molar-refractivity contribution < 1.29 is 4.79 Å². The van der Waals surface area contributed by atoms with Gasteiger partial charge >= 0.3 is 0 Å². The predicted molar refractivity (Wildman–Crippen MR) is 60.6 cm³/mol. The molecule has 0 radical (unpaired) electrons. The lowest BCUT2D eigenvalue weighted by Gasteiger charge is -2.33. The van der Waals surface area contributed by atoms with E-state index in [4.69, 9.17) is 0 Å². The Balaban J connectivity index is 1.99. The lowest BCUT2D eigenvalue weighted by Crippen LogP contribution is -2.36. The number of hydrogen-bond donors (Lipinski definition) is 0. The summed E-state index contributed by atoms with van der Waals surface area (Å²) < 4.78 is 0. The van der Waals surface area contributed by atoms with Gasteiger partial charge in [-0.05, 0) is 44.4 Å². The van der Waals surface area contributed by atoms with Crippen molar-refractivity contribution in [1.82, 2.24) is 0 Å². The van der Waals surface area contributed by atoms with Crippen molar-refractivity contribution in [3.05, 3.63) is 0 Å². The van der Waals surface area contributed by atoms with E-state index in [9.17, 15) is 4.79 Å². The third-order valence-electron chi connectivity index (χ3n) is 5.35. The largest absolute Gasteiger partial charge is 0.299 e. The molecule has 1 spiro atoms. The third kappa shape index (κ3) is 1.38. The maximum absolute atomic E-state index is 12.7. The van der Waals surface area contributed by atoms with Crippen LogP contribution in [0.4, 0.5) is 0 Å². The number of Topliss-reactive ketones (excluding diaryl/α,β-unsaturated/α-hetero) is 1. The van der Waals surface area contributed by atoms with Crippen LogP contribution in [0.15, 0.2) is 0 Å². The van der Waals surface area contributed by atoms with Crippen LogP contribution < -0.4 is 0 Å². The van der Waals surface area contributed by atoms with Gasteiger partial charge < -0.3 is 0 Å². The summed E-state index contributed by atoms with van der Waals surface area (Å²) >= 11 is 0. The molecule has 3 atom stereocenters. The van der Waals surface area contributed by atoms with E-state index in [1.54, 1.807) is 0 Å². The number of rotatable bonds is 0. The molecule has 3 aliphatic carbocycles. The van der Waals surface area contributed by atoms with Crippen molar-refractivity contribution in [2.45, 2.75) is 64.2 Å². The Morgan fingerprint density at radius 2 is 1.60 bits per heavy atom. The minimum atomic E-state index is 0.178. The fourth-order valence-electron chi connectivity index (χ4n) is 4.60. The standard InChI is InChI=1S/C14H22O/c15-13-11-5-1-2-9-14(13)10-4-8-12(14)7-3-6-11/h11-12H,1-10H2/t11-,12-,14-/m1/s1. The van der Waals surface area contributed by atoms with Crippen molar-refractivity contribution in [3.8, 4) is 0 Å². The second-order valence-electron chi connectivity index (χ2n) is 5.98.